The summed E-state index contributed by atoms with van der Waals surface area (Å²) >= 11 is 0. The van der Waals surface area contributed by atoms with Crippen LogP contribution in [0.25, 0.3) is 0 Å². The monoisotopic (exact) mass is 216 g/mol. The van der Waals surface area contributed by atoms with Crippen molar-refractivity contribution in [2.75, 3.05) is 13.1 Å². The van der Waals surface area contributed by atoms with Crippen molar-refractivity contribution < 1.29 is 8.42 Å². The summed E-state index contributed by atoms with van der Waals surface area (Å²) in [5, 5.41) is 0.131. The molecule has 0 radical (unpaired) electrons. The highest BCUT2D eigenvalue weighted by molar-refractivity contribution is 7.89. The maximum absolute atomic E-state index is 11.8. The zero-order valence-electron chi connectivity index (χ0n) is 7.55. The minimum atomic E-state index is -3.39. The van der Waals surface area contributed by atoms with E-state index in [-0.39, 0.29) is 11.1 Å². The topological polar surface area (TPSA) is 92.1 Å². The summed E-state index contributed by atoms with van der Waals surface area (Å²) in [6.07, 6.45) is 3.37. The van der Waals surface area contributed by atoms with E-state index in [1.165, 1.54) is 16.8 Å². The van der Waals surface area contributed by atoms with Crippen molar-refractivity contribution in [1.82, 2.24) is 14.3 Å². The molecule has 1 aromatic heterocycles. The zero-order valence-corrected chi connectivity index (χ0v) is 8.37. The summed E-state index contributed by atoms with van der Waals surface area (Å²) in [6, 6.07) is -0.0484. The van der Waals surface area contributed by atoms with Gasteiger partial charge in [0.1, 0.15) is 0 Å². The number of nitrogens with one attached hydrogen (secondary N) is 1. The van der Waals surface area contributed by atoms with Crippen molar-refractivity contribution in [2.45, 2.75) is 17.5 Å². The third-order valence-corrected chi connectivity index (χ3v) is 4.07. The van der Waals surface area contributed by atoms with Crippen LogP contribution in [-0.2, 0) is 10.0 Å². The fourth-order valence-corrected chi connectivity index (χ4v) is 2.90. The molecule has 1 fully saturated rings. The summed E-state index contributed by atoms with van der Waals surface area (Å²) in [5.41, 5.74) is 5.64. The molecule has 0 unspecified atom stereocenters. The van der Waals surface area contributed by atoms with E-state index < -0.39 is 10.0 Å². The lowest BCUT2D eigenvalue weighted by Crippen LogP contribution is -2.32. The summed E-state index contributed by atoms with van der Waals surface area (Å²) in [5.74, 6) is 0. The normalized spacial score (nSPS) is 24.2. The van der Waals surface area contributed by atoms with E-state index in [2.05, 4.69) is 9.97 Å². The number of aromatic amines is 1. The Morgan fingerprint density at radius 2 is 2.43 bits per heavy atom. The third kappa shape index (κ3) is 1.54. The van der Waals surface area contributed by atoms with Gasteiger partial charge in [-0.05, 0) is 6.42 Å². The molecule has 1 atom stereocenters. The molecule has 2 heterocycles. The third-order valence-electron chi connectivity index (χ3n) is 2.28. The van der Waals surface area contributed by atoms with Crippen molar-refractivity contribution in [1.29, 1.82) is 0 Å². The molecule has 1 aromatic rings. The maximum atomic E-state index is 11.8. The molecule has 0 bridgehead atoms. The Labute approximate surface area is 82.2 Å². The number of imidazole rings is 1. The lowest BCUT2D eigenvalue weighted by atomic mass is 10.3. The van der Waals surface area contributed by atoms with Crippen molar-refractivity contribution >= 4 is 10.0 Å². The van der Waals surface area contributed by atoms with Gasteiger partial charge in [-0.2, -0.15) is 4.31 Å². The number of rotatable bonds is 2. The second kappa shape index (κ2) is 3.34. The second-order valence-electron chi connectivity index (χ2n) is 3.33. The van der Waals surface area contributed by atoms with Gasteiger partial charge >= 0.3 is 0 Å². The number of aromatic nitrogens is 2. The highest BCUT2D eigenvalue weighted by Gasteiger charge is 2.31. The lowest BCUT2D eigenvalue weighted by Gasteiger charge is -2.13. The summed E-state index contributed by atoms with van der Waals surface area (Å²) < 4.78 is 25.1. The van der Waals surface area contributed by atoms with Crippen LogP contribution < -0.4 is 5.73 Å². The smallest absolute Gasteiger partial charge is 0.260 e. The van der Waals surface area contributed by atoms with Crippen molar-refractivity contribution in [3.8, 4) is 0 Å². The Hall–Kier alpha value is -0.920. The van der Waals surface area contributed by atoms with Crippen LogP contribution >= 0.6 is 0 Å². The van der Waals surface area contributed by atoms with Crippen LogP contribution in [0.5, 0.6) is 0 Å². The molecule has 0 spiro atoms. The van der Waals surface area contributed by atoms with Gasteiger partial charge < -0.3 is 10.7 Å². The van der Waals surface area contributed by atoms with Gasteiger partial charge in [0.05, 0.1) is 12.5 Å². The first-order chi connectivity index (χ1) is 6.60. The summed E-state index contributed by atoms with van der Waals surface area (Å²) in [4.78, 5) is 6.27. The first kappa shape index (κ1) is 9.63. The van der Waals surface area contributed by atoms with Crippen LogP contribution in [0.1, 0.15) is 6.42 Å². The molecular weight excluding hydrogens is 204 g/mol. The molecule has 0 amide bonds. The largest absolute Gasteiger partial charge is 0.335 e. The van der Waals surface area contributed by atoms with Gasteiger partial charge in [-0.3, -0.25) is 0 Å². The van der Waals surface area contributed by atoms with E-state index >= 15 is 0 Å². The van der Waals surface area contributed by atoms with E-state index in [0.717, 1.165) is 0 Å². The first-order valence-electron chi connectivity index (χ1n) is 4.35. The number of hydrogen-bond acceptors (Lipinski definition) is 4. The number of nitrogens with two attached hydrogens (primary N) is 1. The highest BCUT2D eigenvalue weighted by Crippen LogP contribution is 2.17. The fourth-order valence-electron chi connectivity index (χ4n) is 1.50. The maximum Gasteiger partial charge on any atom is 0.260 e. The van der Waals surface area contributed by atoms with Crippen LogP contribution in [0.15, 0.2) is 17.6 Å². The molecule has 14 heavy (non-hydrogen) atoms. The molecule has 6 nitrogen and oxygen atoms in total. The van der Waals surface area contributed by atoms with Gasteiger partial charge in [-0.1, -0.05) is 0 Å². The van der Waals surface area contributed by atoms with Gasteiger partial charge in [0, 0.05) is 19.1 Å². The Morgan fingerprint density at radius 3 is 2.93 bits per heavy atom. The average molecular weight is 216 g/mol. The molecule has 7 heteroatoms. The van der Waals surface area contributed by atoms with Crippen molar-refractivity contribution in [3.63, 3.8) is 0 Å². The first-order valence-corrected chi connectivity index (χ1v) is 5.79. The Morgan fingerprint density at radius 1 is 1.64 bits per heavy atom. The van der Waals surface area contributed by atoms with Crippen LogP contribution in [0, 0.1) is 0 Å². The molecular formula is C7H12N4O2S. The predicted octanol–water partition coefficient (Wildman–Crippen LogP) is -0.869. The van der Waals surface area contributed by atoms with E-state index in [1.54, 1.807) is 0 Å². The van der Waals surface area contributed by atoms with Gasteiger partial charge in [-0.15, -0.1) is 0 Å². The SMILES string of the molecule is N[C@H]1CCN(S(=O)(=O)c2cnc[nH]2)C1. The van der Waals surface area contributed by atoms with Gasteiger partial charge in [-0.25, -0.2) is 13.4 Å². The van der Waals surface area contributed by atoms with E-state index in [4.69, 9.17) is 5.73 Å². The van der Waals surface area contributed by atoms with Crippen LogP contribution in [0.3, 0.4) is 0 Å². The van der Waals surface area contributed by atoms with Crippen molar-refractivity contribution in [2.24, 2.45) is 5.73 Å². The standard InChI is InChI=1S/C7H12N4O2S/c8-6-1-2-11(4-6)14(12,13)7-3-9-5-10-7/h3,5-6H,1-2,4,8H2,(H,9,10)/t6-/m0/s1. The van der Waals surface area contributed by atoms with Gasteiger partial charge in [0.15, 0.2) is 5.03 Å². The molecule has 0 saturated carbocycles. The highest BCUT2D eigenvalue weighted by atomic mass is 32.2. The van der Waals surface area contributed by atoms with Crippen LogP contribution in [0.2, 0.25) is 0 Å². The van der Waals surface area contributed by atoms with Crippen LogP contribution in [-0.4, -0.2) is 41.8 Å². The Kier molecular flexibility index (Phi) is 2.30. The molecule has 3 N–H and O–H groups in total. The quantitative estimate of drug-likeness (QED) is 0.672. The predicted molar refractivity (Wildman–Crippen MR) is 49.9 cm³/mol. The molecule has 78 valence electrons. The Bertz CT molecular complexity index is 399. The number of nitrogens with zero attached hydrogens (tertiary/aromatic N) is 2. The fraction of sp³-hybridized carbons (Fsp3) is 0.571. The van der Waals surface area contributed by atoms with E-state index in [0.29, 0.717) is 19.5 Å². The zero-order chi connectivity index (χ0) is 10.2. The minimum Gasteiger partial charge on any atom is -0.335 e. The Balaban J connectivity index is 2.26. The molecule has 0 aromatic carbocycles. The number of sulfonamides is 1. The van der Waals surface area contributed by atoms with E-state index in [1.807, 2.05) is 0 Å². The van der Waals surface area contributed by atoms with Crippen LogP contribution in [0.4, 0.5) is 0 Å². The van der Waals surface area contributed by atoms with E-state index in [9.17, 15) is 8.42 Å². The lowest BCUT2D eigenvalue weighted by molar-refractivity contribution is 0.470. The van der Waals surface area contributed by atoms with Gasteiger partial charge in [0.25, 0.3) is 10.0 Å². The molecule has 1 aliphatic heterocycles. The number of H-pyrrole nitrogens is 1. The summed E-state index contributed by atoms with van der Waals surface area (Å²) in [6.45, 7) is 0.879. The second-order valence-corrected chi connectivity index (χ2v) is 5.23. The molecule has 1 aliphatic rings. The van der Waals surface area contributed by atoms with Crippen molar-refractivity contribution in [3.05, 3.63) is 12.5 Å². The minimum absolute atomic E-state index is 0.0484. The number of hydrogen-bond donors (Lipinski definition) is 2. The summed E-state index contributed by atoms with van der Waals surface area (Å²) in [7, 11) is -3.39. The molecule has 0 aliphatic carbocycles. The van der Waals surface area contributed by atoms with Gasteiger partial charge in [0.2, 0.25) is 0 Å². The molecule has 1 saturated heterocycles. The average Bonchev–Trinajstić information content (AvgIpc) is 2.72. The molecule has 2 rings (SSSR count).